The molecular formula is C12H29N3O. The zero-order valence-electron chi connectivity index (χ0n) is 11.8. The van der Waals surface area contributed by atoms with Crippen molar-refractivity contribution in [2.24, 2.45) is 0 Å². The van der Waals surface area contributed by atoms with E-state index in [0.29, 0.717) is 6.42 Å². The summed E-state index contributed by atoms with van der Waals surface area (Å²) in [6, 6.07) is 0. The average molecular weight is 231 g/mol. The molecule has 1 saturated heterocycles. The van der Waals surface area contributed by atoms with Crippen molar-refractivity contribution < 1.29 is 4.79 Å². The van der Waals surface area contributed by atoms with Crippen LogP contribution < -0.4 is 5.43 Å². The summed E-state index contributed by atoms with van der Waals surface area (Å²) >= 11 is 0. The van der Waals surface area contributed by atoms with E-state index >= 15 is 0 Å². The van der Waals surface area contributed by atoms with Crippen molar-refractivity contribution in [3.8, 4) is 0 Å². The lowest BCUT2D eigenvalue weighted by molar-refractivity contribution is -0.132. The first-order valence-corrected chi connectivity index (χ1v) is 6.48. The molecule has 98 valence electrons. The van der Waals surface area contributed by atoms with Crippen LogP contribution in [-0.4, -0.2) is 49.0 Å². The van der Waals surface area contributed by atoms with Crippen LogP contribution >= 0.6 is 0 Å². The summed E-state index contributed by atoms with van der Waals surface area (Å²) in [6.45, 7) is 13.5. The summed E-state index contributed by atoms with van der Waals surface area (Å²) in [5.74, 6) is 0.269. The standard InChI is InChI=1S/C8H17N3O.2C2H6/c1-3-8(12)10-4-6-11(9-2)7-5-10;2*1-2/h9H,3-7H2,1-2H3;2*1-2H3. The molecule has 0 bridgehead atoms. The van der Waals surface area contributed by atoms with Gasteiger partial charge < -0.3 is 4.90 Å². The second-order valence-corrected chi connectivity index (χ2v) is 2.94. The van der Waals surface area contributed by atoms with E-state index < -0.39 is 0 Å². The first-order chi connectivity index (χ1) is 7.77. The van der Waals surface area contributed by atoms with Gasteiger partial charge in [0.05, 0.1) is 0 Å². The van der Waals surface area contributed by atoms with Crippen LogP contribution in [0.4, 0.5) is 0 Å². The number of piperazine rings is 1. The molecule has 1 fully saturated rings. The Morgan fingerprint density at radius 2 is 1.50 bits per heavy atom. The predicted molar refractivity (Wildman–Crippen MR) is 70.2 cm³/mol. The number of nitrogens with one attached hydrogen (secondary N) is 1. The van der Waals surface area contributed by atoms with Gasteiger partial charge in [-0.3, -0.25) is 10.2 Å². The summed E-state index contributed by atoms with van der Waals surface area (Å²) in [4.78, 5) is 13.2. The molecule has 1 N–H and O–H groups in total. The molecule has 0 atom stereocenters. The first-order valence-electron chi connectivity index (χ1n) is 6.48. The maximum absolute atomic E-state index is 11.2. The molecule has 1 aliphatic heterocycles. The quantitative estimate of drug-likeness (QED) is 0.786. The van der Waals surface area contributed by atoms with E-state index in [1.54, 1.807) is 0 Å². The Morgan fingerprint density at radius 3 is 1.81 bits per heavy atom. The lowest BCUT2D eigenvalue weighted by Gasteiger charge is -2.33. The second-order valence-electron chi connectivity index (χ2n) is 2.94. The minimum absolute atomic E-state index is 0.269. The molecule has 0 saturated carbocycles. The van der Waals surface area contributed by atoms with Gasteiger partial charge in [0.1, 0.15) is 0 Å². The Hall–Kier alpha value is -0.610. The highest BCUT2D eigenvalue weighted by molar-refractivity contribution is 5.75. The summed E-state index contributed by atoms with van der Waals surface area (Å²) in [6.07, 6.45) is 0.625. The predicted octanol–water partition coefficient (Wildman–Crippen LogP) is 1.73. The SMILES string of the molecule is CC.CC.CCC(=O)N1CCN(NC)CC1. The van der Waals surface area contributed by atoms with Crippen molar-refractivity contribution >= 4 is 5.91 Å². The van der Waals surface area contributed by atoms with Gasteiger partial charge in [-0.1, -0.05) is 34.6 Å². The largest absolute Gasteiger partial charge is 0.340 e. The summed E-state index contributed by atoms with van der Waals surface area (Å²) < 4.78 is 0. The Balaban J connectivity index is 0. The molecular weight excluding hydrogens is 202 g/mol. The van der Waals surface area contributed by atoms with Crippen LogP contribution in [0.3, 0.4) is 0 Å². The third-order valence-electron chi connectivity index (χ3n) is 2.25. The van der Waals surface area contributed by atoms with Crippen LogP contribution in [0.5, 0.6) is 0 Å². The molecule has 0 aliphatic carbocycles. The highest BCUT2D eigenvalue weighted by Gasteiger charge is 2.18. The van der Waals surface area contributed by atoms with Crippen molar-refractivity contribution in [3.63, 3.8) is 0 Å². The topological polar surface area (TPSA) is 35.6 Å². The van der Waals surface area contributed by atoms with E-state index in [1.807, 2.05) is 46.6 Å². The molecule has 16 heavy (non-hydrogen) atoms. The maximum Gasteiger partial charge on any atom is 0.222 e. The van der Waals surface area contributed by atoms with Gasteiger partial charge in [-0.2, -0.15) is 0 Å². The average Bonchev–Trinajstić information content (AvgIpc) is 2.42. The van der Waals surface area contributed by atoms with Gasteiger partial charge in [0.15, 0.2) is 0 Å². The van der Waals surface area contributed by atoms with E-state index in [0.717, 1.165) is 26.2 Å². The zero-order chi connectivity index (χ0) is 13.0. The van der Waals surface area contributed by atoms with Crippen LogP contribution in [0.2, 0.25) is 0 Å². The number of hydrogen-bond donors (Lipinski definition) is 1. The second kappa shape index (κ2) is 12.5. The number of hydrazine groups is 1. The lowest BCUT2D eigenvalue weighted by Crippen LogP contribution is -2.52. The number of amides is 1. The fraction of sp³-hybridized carbons (Fsp3) is 0.917. The van der Waals surface area contributed by atoms with Gasteiger partial charge in [0, 0.05) is 32.6 Å². The van der Waals surface area contributed by atoms with Gasteiger partial charge in [0.2, 0.25) is 5.91 Å². The van der Waals surface area contributed by atoms with E-state index in [1.165, 1.54) is 0 Å². The molecule has 4 nitrogen and oxygen atoms in total. The molecule has 0 spiro atoms. The Labute approximate surface area is 101 Å². The molecule has 1 heterocycles. The van der Waals surface area contributed by atoms with E-state index in [-0.39, 0.29) is 5.91 Å². The fourth-order valence-corrected chi connectivity index (χ4v) is 1.40. The minimum atomic E-state index is 0.269. The normalized spacial score (nSPS) is 15.5. The van der Waals surface area contributed by atoms with Crippen molar-refractivity contribution in [3.05, 3.63) is 0 Å². The first kappa shape index (κ1) is 17.8. The highest BCUT2D eigenvalue weighted by atomic mass is 16.2. The lowest BCUT2D eigenvalue weighted by atomic mass is 10.3. The van der Waals surface area contributed by atoms with Crippen molar-refractivity contribution in [1.82, 2.24) is 15.3 Å². The van der Waals surface area contributed by atoms with Gasteiger partial charge in [-0.15, -0.1) is 0 Å². The summed E-state index contributed by atoms with van der Waals surface area (Å²) in [7, 11) is 1.91. The van der Waals surface area contributed by atoms with Crippen molar-refractivity contribution in [1.29, 1.82) is 0 Å². The van der Waals surface area contributed by atoms with Crippen molar-refractivity contribution in [2.75, 3.05) is 33.2 Å². The number of carbonyl (C=O) groups excluding carboxylic acids is 1. The van der Waals surface area contributed by atoms with Crippen LogP contribution in [0.15, 0.2) is 0 Å². The van der Waals surface area contributed by atoms with Crippen LogP contribution in [0.25, 0.3) is 0 Å². The molecule has 4 heteroatoms. The van der Waals surface area contributed by atoms with E-state index in [9.17, 15) is 4.79 Å². The molecule has 0 aromatic rings. The smallest absolute Gasteiger partial charge is 0.222 e. The summed E-state index contributed by atoms with van der Waals surface area (Å²) in [5, 5.41) is 2.12. The molecule has 0 unspecified atom stereocenters. The van der Waals surface area contributed by atoms with Gasteiger partial charge in [-0.25, -0.2) is 5.01 Å². The third-order valence-corrected chi connectivity index (χ3v) is 2.25. The van der Waals surface area contributed by atoms with Gasteiger partial charge >= 0.3 is 0 Å². The summed E-state index contributed by atoms with van der Waals surface area (Å²) in [5.41, 5.74) is 3.08. The molecule has 0 aromatic carbocycles. The molecule has 1 aliphatic rings. The number of rotatable bonds is 2. The molecule has 1 amide bonds. The molecule has 0 aromatic heterocycles. The van der Waals surface area contributed by atoms with E-state index in [4.69, 9.17) is 0 Å². The fourth-order valence-electron chi connectivity index (χ4n) is 1.40. The van der Waals surface area contributed by atoms with E-state index in [2.05, 4.69) is 10.4 Å². The van der Waals surface area contributed by atoms with Crippen LogP contribution in [0.1, 0.15) is 41.0 Å². The Kier molecular flexibility index (Phi) is 13.8. The Bertz CT molecular complexity index is 154. The van der Waals surface area contributed by atoms with Gasteiger partial charge in [-0.05, 0) is 7.05 Å². The zero-order valence-corrected chi connectivity index (χ0v) is 11.8. The number of carbonyl (C=O) groups is 1. The van der Waals surface area contributed by atoms with Gasteiger partial charge in [0.25, 0.3) is 0 Å². The molecule has 1 rings (SSSR count). The number of nitrogens with zero attached hydrogens (tertiary/aromatic N) is 2. The van der Waals surface area contributed by atoms with Crippen molar-refractivity contribution in [2.45, 2.75) is 41.0 Å². The highest BCUT2D eigenvalue weighted by Crippen LogP contribution is 2.00. The van der Waals surface area contributed by atoms with Crippen LogP contribution in [-0.2, 0) is 4.79 Å². The number of hydrogen-bond acceptors (Lipinski definition) is 3. The van der Waals surface area contributed by atoms with Crippen LogP contribution in [0, 0.1) is 0 Å². The Morgan fingerprint density at radius 1 is 1.06 bits per heavy atom. The monoisotopic (exact) mass is 231 g/mol. The third kappa shape index (κ3) is 6.80. The maximum atomic E-state index is 11.2. The minimum Gasteiger partial charge on any atom is -0.340 e. The molecule has 0 radical (unpaired) electrons.